The Morgan fingerprint density at radius 2 is 2.17 bits per heavy atom. The Labute approximate surface area is 79.1 Å². The Bertz CT molecular complexity index is 332. The lowest BCUT2D eigenvalue weighted by molar-refractivity contribution is 1.11. The highest BCUT2D eigenvalue weighted by molar-refractivity contribution is 9.10. The van der Waals surface area contributed by atoms with Crippen LogP contribution >= 0.6 is 15.9 Å². The zero-order chi connectivity index (χ0) is 8.39. The van der Waals surface area contributed by atoms with Crippen LogP contribution in [0.25, 0.3) is 0 Å². The zero-order valence-electron chi connectivity index (χ0n) is 6.24. The number of benzene rings is 1. The number of hydrogen-bond donors (Lipinski definition) is 0. The maximum absolute atomic E-state index is 3.96. The molecule has 0 spiro atoms. The van der Waals surface area contributed by atoms with Crippen molar-refractivity contribution in [1.29, 1.82) is 0 Å². The van der Waals surface area contributed by atoms with Gasteiger partial charge in [0.2, 0.25) is 0 Å². The van der Waals surface area contributed by atoms with Gasteiger partial charge >= 0.3 is 0 Å². The van der Waals surface area contributed by atoms with Crippen LogP contribution in [0.15, 0.2) is 51.2 Å². The molecule has 0 saturated heterocycles. The summed E-state index contributed by atoms with van der Waals surface area (Å²) in [6.07, 6.45) is 3.58. The van der Waals surface area contributed by atoms with E-state index in [9.17, 15) is 0 Å². The molecule has 0 bridgehead atoms. The molecular weight excluding hydrogens is 216 g/mol. The molecule has 1 radical (unpaired) electrons. The van der Waals surface area contributed by atoms with Crippen LogP contribution < -0.4 is 0 Å². The van der Waals surface area contributed by atoms with E-state index in [0.29, 0.717) is 0 Å². The van der Waals surface area contributed by atoms with Crippen LogP contribution in [-0.2, 0) is 0 Å². The van der Waals surface area contributed by atoms with Crippen LogP contribution in [0.5, 0.6) is 0 Å². The molecule has 59 valence electrons. The van der Waals surface area contributed by atoms with Gasteiger partial charge in [-0.2, -0.15) is 10.2 Å². The lowest BCUT2D eigenvalue weighted by Crippen LogP contribution is -1.88. The third-order valence-corrected chi connectivity index (χ3v) is 2.08. The second-order valence-corrected chi connectivity index (χ2v) is 3.34. The summed E-state index contributed by atoms with van der Waals surface area (Å²) >= 11 is 3.40. The molecule has 1 heterocycles. The summed E-state index contributed by atoms with van der Waals surface area (Å²) in [7, 11) is 0. The molecule has 1 aliphatic heterocycles. The number of hydrogen-bond acceptors (Lipinski definition) is 2. The van der Waals surface area contributed by atoms with Crippen molar-refractivity contribution in [2.24, 2.45) is 10.2 Å². The van der Waals surface area contributed by atoms with Gasteiger partial charge in [0.15, 0.2) is 6.04 Å². The van der Waals surface area contributed by atoms with E-state index >= 15 is 0 Å². The maximum Gasteiger partial charge on any atom is 0.161 e. The maximum atomic E-state index is 3.96. The van der Waals surface area contributed by atoms with Gasteiger partial charge in [0.05, 0.1) is 0 Å². The molecule has 12 heavy (non-hydrogen) atoms. The van der Waals surface area contributed by atoms with Crippen molar-refractivity contribution < 1.29 is 0 Å². The van der Waals surface area contributed by atoms with Gasteiger partial charge in [0.1, 0.15) is 0 Å². The van der Waals surface area contributed by atoms with Crippen LogP contribution in [0, 0.1) is 6.04 Å². The fourth-order valence-corrected chi connectivity index (χ4v) is 1.43. The summed E-state index contributed by atoms with van der Waals surface area (Å²) in [5.41, 5.74) is 1.09. The standard InChI is InChI=1S/C9H6BrN2/c10-8-3-1-2-7(6-8)9-4-5-11-12-9/h1-6H. The quantitative estimate of drug-likeness (QED) is 0.696. The molecule has 0 N–H and O–H groups in total. The van der Waals surface area contributed by atoms with Crippen LogP contribution in [0.1, 0.15) is 5.56 Å². The van der Waals surface area contributed by atoms with Gasteiger partial charge < -0.3 is 0 Å². The highest BCUT2D eigenvalue weighted by Gasteiger charge is 2.10. The summed E-state index contributed by atoms with van der Waals surface area (Å²) in [4.78, 5) is 0. The van der Waals surface area contributed by atoms with Gasteiger partial charge in [0, 0.05) is 10.7 Å². The van der Waals surface area contributed by atoms with Crippen molar-refractivity contribution in [3.63, 3.8) is 0 Å². The van der Waals surface area contributed by atoms with E-state index < -0.39 is 0 Å². The van der Waals surface area contributed by atoms with Gasteiger partial charge in [-0.05, 0) is 23.8 Å². The van der Waals surface area contributed by atoms with E-state index in [1.807, 2.05) is 30.3 Å². The Morgan fingerprint density at radius 1 is 1.25 bits per heavy atom. The number of nitrogens with zero attached hydrogens (tertiary/aromatic N) is 2. The lowest BCUT2D eigenvalue weighted by atomic mass is 10.1. The molecule has 0 aromatic heterocycles. The smallest absolute Gasteiger partial charge is 0.161 e. The van der Waals surface area contributed by atoms with Gasteiger partial charge in [-0.25, -0.2) is 0 Å². The highest BCUT2D eigenvalue weighted by atomic mass is 79.9. The summed E-state index contributed by atoms with van der Waals surface area (Å²) in [6.45, 7) is 0. The fourth-order valence-electron chi connectivity index (χ4n) is 1.03. The van der Waals surface area contributed by atoms with Crippen molar-refractivity contribution in [3.8, 4) is 0 Å². The molecule has 0 atom stereocenters. The normalized spacial score (nSPS) is 15.8. The van der Waals surface area contributed by atoms with E-state index in [4.69, 9.17) is 0 Å². The lowest BCUT2D eigenvalue weighted by Gasteiger charge is -2.01. The minimum Gasteiger partial charge on any atom is -0.170 e. The first kappa shape index (κ1) is 7.68. The van der Waals surface area contributed by atoms with E-state index in [1.54, 1.807) is 6.20 Å². The van der Waals surface area contributed by atoms with Gasteiger partial charge in [-0.15, -0.1) is 0 Å². The van der Waals surface area contributed by atoms with Gasteiger partial charge in [-0.3, -0.25) is 0 Å². The molecule has 0 saturated carbocycles. The zero-order valence-corrected chi connectivity index (χ0v) is 7.82. The molecule has 3 heteroatoms. The SMILES string of the molecule is Brc1cccc([C]2C=CN=N2)c1. The van der Waals surface area contributed by atoms with Gasteiger partial charge in [0.25, 0.3) is 0 Å². The molecule has 0 aliphatic carbocycles. The van der Waals surface area contributed by atoms with Crippen molar-refractivity contribution in [3.05, 3.63) is 52.6 Å². The van der Waals surface area contributed by atoms with Gasteiger partial charge in [-0.1, -0.05) is 28.1 Å². The molecule has 1 aliphatic rings. The summed E-state index contributed by atoms with van der Waals surface area (Å²) < 4.78 is 1.06. The second kappa shape index (κ2) is 3.19. The van der Waals surface area contributed by atoms with Crippen molar-refractivity contribution in [2.45, 2.75) is 0 Å². The summed E-state index contributed by atoms with van der Waals surface area (Å²) in [5.74, 6) is 0. The molecule has 2 nitrogen and oxygen atoms in total. The Balaban J connectivity index is 2.34. The average Bonchev–Trinajstić information content (AvgIpc) is 2.56. The third-order valence-electron chi connectivity index (χ3n) is 1.58. The Kier molecular flexibility index (Phi) is 2.04. The van der Waals surface area contributed by atoms with E-state index in [0.717, 1.165) is 16.1 Å². The Hall–Kier alpha value is -0.960. The first-order valence-corrected chi connectivity index (χ1v) is 4.36. The van der Waals surface area contributed by atoms with E-state index in [-0.39, 0.29) is 0 Å². The average molecular weight is 222 g/mol. The Morgan fingerprint density at radius 3 is 2.83 bits per heavy atom. The van der Waals surface area contributed by atoms with E-state index in [2.05, 4.69) is 26.2 Å². The first-order chi connectivity index (χ1) is 5.86. The monoisotopic (exact) mass is 221 g/mol. The minimum atomic E-state index is 0.913. The van der Waals surface area contributed by atoms with Crippen molar-refractivity contribution in [2.75, 3.05) is 0 Å². The number of azo groups is 1. The highest BCUT2D eigenvalue weighted by Crippen LogP contribution is 2.24. The largest absolute Gasteiger partial charge is 0.170 e. The summed E-state index contributed by atoms with van der Waals surface area (Å²) in [5, 5.41) is 7.72. The van der Waals surface area contributed by atoms with Crippen molar-refractivity contribution >= 4 is 15.9 Å². The first-order valence-electron chi connectivity index (χ1n) is 3.56. The van der Waals surface area contributed by atoms with Crippen LogP contribution in [0.3, 0.4) is 0 Å². The predicted octanol–water partition coefficient (Wildman–Crippen LogP) is 3.31. The summed E-state index contributed by atoms with van der Waals surface area (Å²) in [6, 6.07) is 8.91. The molecule has 1 aromatic rings. The van der Waals surface area contributed by atoms with E-state index in [1.165, 1.54) is 0 Å². The minimum absolute atomic E-state index is 0.913. The molecule has 0 amide bonds. The predicted molar refractivity (Wildman–Crippen MR) is 50.5 cm³/mol. The second-order valence-electron chi connectivity index (χ2n) is 2.43. The topological polar surface area (TPSA) is 24.7 Å². The van der Waals surface area contributed by atoms with Crippen LogP contribution in [-0.4, -0.2) is 0 Å². The third kappa shape index (κ3) is 1.46. The van der Waals surface area contributed by atoms with Crippen LogP contribution in [0.4, 0.5) is 0 Å². The molecule has 1 aromatic carbocycles. The number of rotatable bonds is 1. The molecule has 0 fully saturated rings. The molecule has 0 unspecified atom stereocenters. The van der Waals surface area contributed by atoms with Crippen molar-refractivity contribution in [1.82, 2.24) is 0 Å². The van der Waals surface area contributed by atoms with Crippen LogP contribution in [0.2, 0.25) is 0 Å². The molecular formula is C9H6BrN2. The fraction of sp³-hybridized carbons (Fsp3) is 0. The molecule has 2 rings (SSSR count). The number of halogens is 1.